The first kappa shape index (κ1) is 14.0. The third-order valence-corrected chi connectivity index (χ3v) is 2.00. The third kappa shape index (κ3) is 3.76. The second-order valence-corrected chi connectivity index (χ2v) is 3.68. The monoisotopic (exact) mass is 254 g/mol. The van der Waals surface area contributed by atoms with Crippen molar-refractivity contribution in [3.8, 4) is 11.8 Å². The SMILES string of the molecule is CCCOc1nc(N)nc(OC(=O)CCC)c1N. The van der Waals surface area contributed by atoms with Gasteiger partial charge in [-0.05, 0) is 12.8 Å². The zero-order valence-corrected chi connectivity index (χ0v) is 10.6. The molecule has 7 heteroatoms. The summed E-state index contributed by atoms with van der Waals surface area (Å²) < 4.78 is 10.3. The van der Waals surface area contributed by atoms with Gasteiger partial charge in [-0.2, -0.15) is 9.97 Å². The van der Waals surface area contributed by atoms with E-state index in [1.165, 1.54) is 0 Å². The van der Waals surface area contributed by atoms with Gasteiger partial charge in [0.15, 0.2) is 5.69 Å². The topological polar surface area (TPSA) is 113 Å². The second kappa shape index (κ2) is 6.63. The lowest BCUT2D eigenvalue weighted by atomic mass is 10.3. The van der Waals surface area contributed by atoms with Crippen LogP contribution in [0.3, 0.4) is 0 Å². The molecular weight excluding hydrogens is 236 g/mol. The van der Waals surface area contributed by atoms with Gasteiger partial charge < -0.3 is 20.9 Å². The fraction of sp³-hybridized carbons (Fsp3) is 0.545. The Bertz CT molecular complexity index is 423. The van der Waals surface area contributed by atoms with E-state index in [0.717, 1.165) is 6.42 Å². The molecular formula is C11H18N4O3. The van der Waals surface area contributed by atoms with E-state index < -0.39 is 5.97 Å². The highest BCUT2D eigenvalue weighted by molar-refractivity contribution is 5.74. The Labute approximate surface area is 105 Å². The molecule has 4 N–H and O–H groups in total. The van der Waals surface area contributed by atoms with Gasteiger partial charge in [0.2, 0.25) is 11.8 Å². The molecule has 1 heterocycles. The van der Waals surface area contributed by atoms with E-state index in [9.17, 15) is 4.79 Å². The van der Waals surface area contributed by atoms with Crippen molar-refractivity contribution in [3.05, 3.63) is 0 Å². The van der Waals surface area contributed by atoms with Crippen LogP contribution in [0.15, 0.2) is 0 Å². The normalized spacial score (nSPS) is 10.1. The van der Waals surface area contributed by atoms with Crippen molar-refractivity contribution < 1.29 is 14.3 Å². The van der Waals surface area contributed by atoms with Gasteiger partial charge in [-0.3, -0.25) is 4.79 Å². The number of nitrogens with zero attached hydrogens (tertiary/aromatic N) is 2. The molecule has 7 nitrogen and oxygen atoms in total. The van der Waals surface area contributed by atoms with Crippen molar-refractivity contribution in [2.75, 3.05) is 18.1 Å². The molecule has 1 aromatic rings. The Balaban J connectivity index is 2.90. The maximum Gasteiger partial charge on any atom is 0.312 e. The second-order valence-electron chi connectivity index (χ2n) is 3.68. The summed E-state index contributed by atoms with van der Waals surface area (Å²) >= 11 is 0. The van der Waals surface area contributed by atoms with E-state index >= 15 is 0 Å². The number of aromatic nitrogens is 2. The summed E-state index contributed by atoms with van der Waals surface area (Å²) in [6.07, 6.45) is 1.77. The highest BCUT2D eigenvalue weighted by atomic mass is 16.5. The molecule has 0 saturated carbocycles. The van der Waals surface area contributed by atoms with E-state index in [2.05, 4.69) is 9.97 Å². The highest BCUT2D eigenvalue weighted by Gasteiger charge is 2.15. The quantitative estimate of drug-likeness (QED) is 0.731. The highest BCUT2D eigenvalue weighted by Crippen LogP contribution is 2.29. The van der Waals surface area contributed by atoms with Crippen LogP contribution < -0.4 is 20.9 Å². The van der Waals surface area contributed by atoms with Crippen LogP contribution in [-0.4, -0.2) is 22.5 Å². The summed E-state index contributed by atoms with van der Waals surface area (Å²) in [6.45, 7) is 4.26. The fourth-order valence-corrected chi connectivity index (χ4v) is 1.19. The van der Waals surface area contributed by atoms with Crippen LogP contribution >= 0.6 is 0 Å². The molecule has 1 rings (SSSR count). The van der Waals surface area contributed by atoms with Crippen LogP contribution in [0.2, 0.25) is 0 Å². The first-order valence-electron chi connectivity index (χ1n) is 5.84. The Morgan fingerprint density at radius 2 is 1.83 bits per heavy atom. The van der Waals surface area contributed by atoms with Gasteiger partial charge in [0, 0.05) is 6.42 Å². The molecule has 0 bridgehead atoms. The third-order valence-electron chi connectivity index (χ3n) is 2.00. The van der Waals surface area contributed by atoms with Gasteiger partial charge in [-0.1, -0.05) is 13.8 Å². The van der Waals surface area contributed by atoms with Crippen molar-refractivity contribution in [2.45, 2.75) is 33.1 Å². The van der Waals surface area contributed by atoms with Crippen LogP contribution in [0.4, 0.5) is 11.6 Å². The average Bonchev–Trinajstić information content (AvgIpc) is 2.31. The van der Waals surface area contributed by atoms with Gasteiger partial charge in [0.1, 0.15) is 0 Å². The van der Waals surface area contributed by atoms with Crippen LogP contribution in [0, 0.1) is 0 Å². The van der Waals surface area contributed by atoms with Crippen molar-refractivity contribution in [3.63, 3.8) is 0 Å². The largest absolute Gasteiger partial charge is 0.476 e. The molecule has 0 aliphatic heterocycles. The molecule has 0 fully saturated rings. The zero-order chi connectivity index (χ0) is 13.5. The van der Waals surface area contributed by atoms with Crippen molar-refractivity contribution in [1.29, 1.82) is 0 Å². The van der Waals surface area contributed by atoms with Gasteiger partial charge >= 0.3 is 5.97 Å². The Morgan fingerprint density at radius 3 is 2.44 bits per heavy atom. The first-order chi connectivity index (χ1) is 8.58. The van der Waals surface area contributed by atoms with E-state index in [1.807, 2.05) is 13.8 Å². The summed E-state index contributed by atoms with van der Waals surface area (Å²) in [5.74, 6) is -0.367. The lowest BCUT2D eigenvalue weighted by Crippen LogP contribution is -2.13. The maximum atomic E-state index is 11.4. The lowest BCUT2D eigenvalue weighted by Gasteiger charge is -2.10. The van der Waals surface area contributed by atoms with Gasteiger partial charge in [-0.25, -0.2) is 0 Å². The summed E-state index contributed by atoms with van der Waals surface area (Å²) in [5.41, 5.74) is 11.3. The molecule has 18 heavy (non-hydrogen) atoms. The maximum absolute atomic E-state index is 11.4. The first-order valence-corrected chi connectivity index (χ1v) is 5.84. The number of rotatable bonds is 6. The predicted molar refractivity (Wildman–Crippen MR) is 67.2 cm³/mol. The van der Waals surface area contributed by atoms with Crippen molar-refractivity contribution >= 4 is 17.6 Å². The number of esters is 1. The van der Waals surface area contributed by atoms with Crippen LogP contribution in [-0.2, 0) is 4.79 Å². The fourth-order valence-electron chi connectivity index (χ4n) is 1.19. The molecule has 0 aliphatic rings. The molecule has 0 saturated heterocycles. The van der Waals surface area contributed by atoms with E-state index in [0.29, 0.717) is 13.0 Å². The van der Waals surface area contributed by atoms with Gasteiger partial charge in [-0.15, -0.1) is 0 Å². The molecule has 0 unspecified atom stereocenters. The molecule has 100 valence electrons. The summed E-state index contributed by atoms with van der Waals surface area (Å²) in [5, 5.41) is 0. The number of nitrogens with two attached hydrogens (primary N) is 2. The van der Waals surface area contributed by atoms with Crippen LogP contribution in [0.5, 0.6) is 11.8 Å². The molecule has 0 amide bonds. The minimum absolute atomic E-state index is 0.0467. The smallest absolute Gasteiger partial charge is 0.312 e. The van der Waals surface area contributed by atoms with Crippen molar-refractivity contribution in [2.24, 2.45) is 0 Å². The van der Waals surface area contributed by atoms with Crippen LogP contribution in [0.1, 0.15) is 33.1 Å². The van der Waals surface area contributed by atoms with Crippen LogP contribution in [0.25, 0.3) is 0 Å². The molecule has 0 radical (unpaired) electrons. The lowest BCUT2D eigenvalue weighted by molar-refractivity contribution is -0.134. The van der Waals surface area contributed by atoms with E-state index in [4.69, 9.17) is 20.9 Å². The standard InChI is InChI=1S/C11H18N4O3/c1-3-5-7(16)18-10-8(12)9(17-6-4-2)14-11(13)15-10/h3-6,12H2,1-2H3,(H2,13,14,15). The molecule has 0 aromatic carbocycles. The summed E-state index contributed by atoms with van der Waals surface area (Å²) in [6, 6.07) is 0. The van der Waals surface area contributed by atoms with E-state index in [-0.39, 0.29) is 29.8 Å². The number of ether oxygens (including phenoxy) is 2. The Kier molecular flexibility index (Phi) is 5.16. The predicted octanol–water partition coefficient (Wildman–Crippen LogP) is 1.14. The number of carbonyl (C=O) groups excluding carboxylic acids is 1. The molecule has 0 aliphatic carbocycles. The zero-order valence-electron chi connectivity index (χ0n) is 10.6. The minimum Gasteiger partial charge on any atom is -0.476 e. The number of carbonyl (C=O) groups is 1. The number of nitrogen functional groups attached to an aromatic ring is 2. The summed E-state index contributed by atoms with van der Waals surface area (Å²) in [7, 11) is 0. The summed E-state index contributed by atoms with van der Waals surface area (Å²) in [4.78, 5) is 19.0. The van der Waals surface area contributed by atoms with Crippen molar-refractivity contribution in [1.82, 2.24) is 9.97 Å². The Morgan fingerprint density at radius 1 is 1.17 bits per heavy atom. The molecule has 0 spiro atoms. The molecule has 1 aromatic heterocycles. The number of hydrogen-bond acceptors (Lipinski definition) is 7. The van der Waals surface area contributed by atoms with Gasteiger partial charge in [0.25, 0.3) is 5.88 Å². The van der Waals surface area contributed by atoms with Gasteiger partial charge in [0.05, 0.1) is 6.61 Å². The number of hydrogen-bond donors (Lipinski definition) is 2. The van der Waals surface area contributed by atoms with E-state index in [1.54, 1.807) is 0 Å². The minimum atomic E-state index is -0.413. The number of anilines is 2. The Hall–Kier alpha value is -2.05. The molecule has 0 atom stereocenters. The average molecular weight is 254 g/mol.